The number of rotatable bonds is 5. The number of primary amides is 1. The molecule has 1 amide bonds. The average Bonchev–Trinajstić information content (AvgIpc) is 2.89. The number of anilines is 2. The van der Waals surface area contributed by atoms with Crippen LogP contribution in [0.2, 0.25) is 0 Å². The van der Waals surface area contributed by atoms with Crippen LogP contribution in [0.25, 0.3) is 0 Å². The van der Waals surface area contributed by atoms with Crippen LogP contribution in [0.5, 0.6) is 0 Å². The first-order valence-electron chi connectivity index (χ1n) is 5.83. The summed E-state index contributed by atoms with van der Waals surface area (Å²) in [6.45, 7) is 2.60. The van der Waals surface area contributed by atoms with Gasteiger partial charge >= 0.3 is 0 Å². The minimum absolute atomic E-state index is 0.168. The SMILES string of the molecule is CCc1nn(C)cc1CNc1snc(N)c1C(N)=O. The fraction of sp³-hybridized carbons (Fsp3) is 0.364. The molecule has 0 bridgehead atoms. The van der Waals surface area contributed by atoms with E-state index < -0.39 is 5.91 Å². The van der Waals surface area contributed by atoms with E-state index in [2.05, 4.69) is 14.8 Å². The summed E-state index contributed by atoms with van der Waals surface area (Å²) in [4.78, 5) is 11.3. The van der Waals surface area contributed by atoms with E-state index in [-0.39, 0.29) is 11.4 Å². The molecular formula is C11H16N6OS. The van der Waals surface area contributed by atoms with Crippen LogP contribution in [0.15, 0.2) is 6.20 Å². The lowest BCUT2D eigenvalue weighted by Crippen LogP contribution is -2.14. The van der Waals surface area contributed by atoms with E-state index in [1.54, 1.807) is 4.68 Å². The number of amides is 1. The normalized spacial score (nSPS) is 10.6. The van der Waals surface area contributed by atoms with Crippen LogP contribution in [-0.4, -0.2) is 20.1 Å². The van der Waals surface area contributed by atoms with Crippen LogP contribution in [0.1, 0.15) is 28.5 Å². The molecule has 0 saturated heterocycles. The maximum Gasteiger partial charge on any atom is 0.255 e. The molecule has 0 radical (unpaired) electrons. The molecule has 8 heteroatoms. The van der Waals surface area contributed by atoms with Gasteiger partial charge in [-0.3, -0.25) is 9.48 Å². The van der Waals surface area contributed by atoms with Crippen LogP contribution in [0, 0.1) is 0 Å². The van der Waals surface area contributed by atoms with Gasteiger partial charge in [0.15, 0.2) is 5.82 Å². The Morgan fingerprint density at radius 3 is 2.95 bits per heavy atom. The van der Waals surface area contributed by atoms with Crippen molar-refractivity contribution in [1.82, 2.24) is 14.2 Å². The Balaban J connectivity index is 2.17. The molecule has 0 aliphatic rings. The van der Waals surface area contributed by atoms with Gasteiger partial charge in [-0.15, -0.1) is 0 Å². The van der Waals surface area contributed by atoms with E-state index in [0.29, 0.717) is 11.5 Å². The van der Waals surface area contributed by atoms with E-state index in [9.17, 15) is 4.79 Å². The zero-order valence-corrected chi connectivity index (χ0v) is 11.6. The molecule has 0 saturated carbocycles. The van der Waals surface area contributed by atoms with Gasteiger partial charge in [-0.05, 0) is 18.0 Å². The second-order valence-corrected chi connectivity index (χ2v) is 4.89. The summed E-state index contributed by atoms with van der Waals surface area (Å²) in [5, 5.41) is 8.09. The third-order valence-electron chi connectivity index (χ3n) is 2.73. The highest BCUT2D eigenvalue weighted by Crippen LogP contribution is 2.26. The molecule has 0 atom stereocenters. The number of nitrogens with zero attached hydrogens (tertiary/aromatic N) is 3. The predicted molar refractivity (Wildman–Crippen MR) is 75.0 cm³/mol. The Morgan fingerprint density at radius 1 is 1.58 bits per heavy atom. The van der Waals surface area contributed by atoms with Gasteiger partial charge in [0.2, 0.25) is 0 Å². The maximum absolute atomic E-state index is 11.3. The Kier molecular flexibility index (Phi) is 3.70. The quantitative estimate of drug-likeness (QED) is 0.747. The lowest BCUT2D eigenvalue weighted by Gasteiger charge is -2.04. The fourth-order valence-corrected chi connectivity index (χ4v) is 2.58. The zero-order chi connectivity index (χ0) is 14.0. The van der Waals surface area contributed by atoms with Crippen molar-refractivity contribution in [3.63, 3.8) is 0 Å². The molecule has 0 aromatic carbocycles. The van der Waals surface area contributed by atoms with Crippen molar-refractivity contribution < 1.29 is 4.79 Å². The first kappa shape index (κ1) is 13.3. The number of nitrogens with one attached hydrogen (secondary N) is 1. The van der Waals surface area contributed by atoms with Gasteiger partial charge in [0.1, 0.15) is 10.6 Å². The summed E-state index contributed by atoms with van der Waals surface area (Å²) in [5.41, 5.74) is 13.2. The summed E-state index contributed by atoms with van der Waals surface area (Å²) >= 11 is 1.13. The molecule has 0 spiro atoms. The molecule has 2 heterocycles. The van der Waals surface area contributed by atoms with Crippen LogP contribution >= 0.6 is 11.5 Å². The van der Waals surface area contributed by atoms with Crippen molar-refractivity contribution in [2.75, 3.05) is 11.1 Å². The highest BCUT2D eigenvalue weighted by molar-refractivity contribution is 7.11. The summed E-state index contributed by atoms with van der Waals surface area (Å²) in [5.74, 6) is -0.405. The van der Waals surface area contributed by atoms with E-state index in [1.165, 1.54) is 0 Å². The second kappa shape index (κ2) is 5.27. The highest BCUT2D eigenvalue weighted by atomic mass is 32.1. The summed E-state index contributed by atoms with van der Waals surface area (Å²) in [7, 11) is 1.88. The van der Waals surface area contributed by atoms with Crippen molar-refractivity contribution in [3.8, 4) is 0 Å². The topological polar surface area (TPSA) is 112 Å². The van der Waals surface area contributed by atoms with Gasteiger partial charge in [0, 0.05) is 25.4 Å². The molecule has 2 aromatic rings. The monoisotopic (exact) mass is 280 g/mol. The Hall–Kier alpha value is -2.09. The van der Waals surface area contributed by atoms with E-state index in [0.717, 1.165) is 29.2 Å². The summed E-state index contributed by atoms with van der Waals surface area (Å²) in [6.07, 6.45) is 2.80. The van der Waals surface area contributed by atoms with Crippen molar-refractivity contribution in [3.05, 3.63) is 23.0 Å². The fourth-order valence-electron chi connectivity index (χ4n) is 1.87. The number of hydrogen-bond acceptors (Lipinski definition) is 6. The number of carbonyl (C=O) groups excluding carboxylic acids is 1. The third kappa shape index (κ3) is 2.68. The first-order chi connectivity index (χ1) is 9.02. The van der Waals surface area contributed by atoms with Crippen molar-refractivity contribution in [2.45, 2.75) is 19.9 Å². The molecule has 0 fully saturated rings. The summed E-state index contributed by atoms with van der Waals surface area (Å²) in [6, 6.07) is 0. The minimum atomic E-state index is -0.573. The number of hydrogen-bond donors (Lipinski definition) is 3. The van der Waals surface area contributed by atoms with Gasteiger partial charge in [-0.2, -0.15) is 9.47 Å². The third-order valence-corrected chi connectivity index (χ3v) is 3.55. The smallest absolute Gasteiger partial charge is 0.255 e. The number of nitrogen functional groups attached to an aromatic ring is 1. The number of aromatic nitrogens is 3. The summed E-state index contributed by atoms with van der Waals surface area (Å²) < 4.78 is 5.70. The van der Waals surface area contributed by atoms with Crippen molar-refractivity contribution in [2.24, 2.45) is 12.8 Å². The van der Waals surface area contributed by atoms with Crippen molar-refractivity contribution in [1.29, 1.82) is 0 Å². The standard InChI is InChI=1S/C11H16N6OS/c1-3-7-6(5-17(2)15-7)4-14-11-8(10(13)18)9(12)16-19-11/h5,14H,3-4H2,1-2H3,(H2,12,16)(H2,13,18). The van der Waals surface area contributed by atoms with Crippen LogP contribution in [0.3, 0.4) is 0 Å². The Labute approximate surface area is 114 Å². The maximum atomic E-state index is 11.3. The number of nitrogens with two attached hydrogens (primary N) is 2. The number of carbonyl (C=O) groups is 1. The minimum Gasteiger partial charge on any atom is -0.382 e. The average molecular weight is 280 g/mol. The van der Waals surface area contributed by atoms with E-state index in [4.69, 9.17) is 11.5 Å². The van der Waals surface area contributed by atoms with E-state index in [1.807, 2.05) is 20.2 Å². The van der Waals surface area contributed by atoms with Gasteiger partial charge in [-0.25, -0.2) is 0 Å². The molecule has 2 aromatic heterocycles. The Bertz CT molecular complexity index is 602. The lowest BCUT2D eigenvalue weighted by molar-refractivity contribution is 0.100. The Morgan fingerprint density at radius 2 is 2.32 bits per heavy atom. The molecule has 7 nitrogen and oxygen atoms in total. The van der Waals surface area contributed by atoms with Crippen LogP contribution in [-0.2, 0) is 20.0 Å². The first-order valence-corrected chi connectivity index (χ1v) is 6.60. The largest absolute Gasteiger partial charge is 0.382 e. The van der Waals surface area contributed by atoms with Crippen LogP contribution in [0.4, 0.5) is 10.8 Å². The van der Waals surface area contributed by atoms with Gasteiger partial charge in [-0.1, -0.05) is 6.92 Å². The van der Waals surface area contributed by atoms with E-state index >= 15 is 0 Å². The second-order valence-electron chi connectivity index (χ2n) is 4.12. The van der Waals surface area contributed by atoms with Gasteiger partial charge in [0.05, 0.1) is 5.69 Å². The number of aryl methyl sites for hydroxylation is 2. The molecule has 0 aliphatic heterocycles. The lowest BCUT2D eigenvalue weighted by atomic mass is 10.2. The van der Waals surface area contributed by atoms with Crippen LogP contribution < -0.4 is 16.8 Å². The van der Waals surface area contributed by atoms with Gasteiger partial charge < -0.3 is 16.8 Å². The molecule has 0 aliphatic carbocycles. The predicted octanol–water partition coefficient (Wildman–Crippen LogP) is 0.732. The molecule has 5 N–H and O–H groups in total. The molecule has 19 heavy (non-hydrogen) atoms. The molecule has 102 valence electrons. The molecular weight excluding hydrogens is 264 g/mol. The molecule has 0 unspecified atom stereocenters. The molecule has 2 rings (SSSR count). The van der Waals surface area contributed by atoms with Gasteiger partial charge in [0.25, 0.3) is 5.91 Å². The highest BCUT2D eigenvalue weighted by Gasteiger charge is 2.17. The zero-order valence-electron chi connectivity index (χ0n) is 10.8. The van der Waals surface area contributed by atoms with Crippen molar-refractivity contribution >= 4 is 28.3 Å².